The van der Waals surface area contributed by atoms with Crippen LogP contribution in [0.15, 0.2) is 89.8 Å². The van der Waals surface area contributed by atoms with Gasteiger partial charge in [-0.1, -0.05) is 48.5 Å². The number of carbonyl (C=O) groups is 1. The van der Waals surface area contributed by atoms with E-state index in [2.05, 4.69) is 0 Å². The van der Waals surface area contributed by atoms with Crippen LogP contribution in [0.1, 0.15) is 34.3 Å². The van der Waals surface area contributed by atoms with Gasteiger partial charge in [-0.05, 0) is 66.4 Å². The number of hydrogen-bond acceptors (Lipinski definition) is 4. The molecular formula is C26H25NO4S. The zero-order valence-corrected chi connectivity index (χ0v) is 18.5. The van der Waals surface area contributed by atoms with E-state index >= 15 is 0 Å². The summed E-state index contributed by atoms with van der Waals surface area (Å²) in [5.74, 6) is 0.533. The zero-order chi connectivity index (χ0) is 22.4. The van der Waals surface area contributed by atoms with Crippen molar-refractivity contribution in [1.29, 1.82) is 0 Å². The lowest BCUT2D eigenvalue weighted by atomic mass is 10.1. The summed E-state index contributed by atoms with van der Waals surface area (Å²) in [5.41, 5.74) is 2.37. The highest BCUT2D eigenvalue weighted by Crippen LogP contribution is 2.21. The van der Waals surface area contributed by atoms with Gasteiger partial charge in [0.25, 0.3) is 0 Å². The SMILES string of the molecule is O=C(C=Cc1cccc(OCc2ccccc2)c1)c1ccc(S(=O)(=O)N2CCCC2)cc1. The van der Waals surface area contributed by atoms with Gasteiger partial charge >= 0.3 is 0 Å². The van der Waals surface area contributed by atoms with Crippen LogP contribution in [-0.2, 0) is 16.6 Å². The van der Waals surface area contributed by atoms with Crippen molar-refractivity contribution in [3.63, 3.8) is 0 Å². The number of nitrogens with zero attached hydrogens (tertiary/aromatic N) is 1. The molecule has 5 nitrogen and oxygen atoms in total. The van der Waals surface area contributed by atoms with Gasteiger partial charge in [0.1, 0.15) is 12.4 Å². The summed E-state index contributed by atoms with van der Waals surface area (Å²) in [5, 5.41) is 0. The van der Waals surface area contributed by atoms with Crippen LogP contribution in [0.5, 0.6) is 5.75 Å². The van der Waals surface area contributed by atoms with E-state index in [0.717, 1.165) is 29.7 Å². The first-order chi connectivity index (χ1) is 15.5. The van der Waals surface area contributed by atoms with Gasteiger partial charge in [0.15, 0.2) is 5.78 Å². The van der Waals surface area contributed by atoms with E-state index in [9.17, 15) is 13.2 Å². The summed E-state index contributed by atoms with van der Waals surface area (Å²) in [6, 6.07) is 23.6. The first-order valence-electron chi connectivity index (χ1n) is 10.6. The Morgan fingerprint density at radius 2 is 1.62 bits per heavy atom. The number of sulfonamides is 1. The second-order valence-electron chi connectivity index (χ2n) is 7.68. The quantitative estimate of drug-likeness (QED) is 0.362. The Kier molecular flexibility index (Phi) is 6.83. The Morgan fingerprint density at radius 1 is 0.906 bits per heavy atom. The van der Waals surface area contributed by atoms with Crippen LogP contribution in [0.4, 0.5) is 0 Å². The van der Waals surface area contributed by atoms with Gasteiger partial charge in [-0.15, -0.1) is 0 Å². The van der Waals surface area contributed by atoms with Crippen molar-refractivity contribution in [1.82, 2.24) is 4.31 Å². The molecule has 0 radical (unpaired) electrons. The van der Waals surface area contributed by atoms with Crippen LogP contribution in [0.25, 0.3) is 6.08 Å². The van der Waals surface area contributed by atoms with Crippen LogP contribution in [0, 0.1) is 0 Å². The van der Waals surface area contributed by atoms with Crippen molar-refractivity contribution in [2.24, 2.45) is 0 Å². The van der Waals surface area contributed by atoms with E-state index in [-0.39, 0.29) is 10.7 Å². The van der Waals surface area contributed by atoms with Crippen molar-refractivity contribution in [3.05, 3.63) is 102 Å². The van der Waals surface area contributed by atoms with Crippen LogP contribution < -0.4 is 4.74 Å². The molecule has 1 heterocycles. The molecule has 0 atom stereocenters. The van der Waals surface area contributed by atoms with E-state index in [1.807, 2.05) is 54.6 Å². The van der Waals surface area contributed by atoms with E-state index in [4.69, 9.17) is 4.74 Å². The van der Waals surface area contributed by atoms with Gasteiger partial charge in [-0.2, -0.15) is 4.31 Å². The predicted molar refractivity (Wildman–Crippen MR) is 125 cm³/mol. The number of hydrogen-bond donors (Lipinski definition) is 0. The number of carbonyl (C=O) groups excluding carboxylic acids is 1. The number of benzene rings is 3. The molecule has 0 bridgehead atoms. The summed E-state index contributed by atoms with van der Waals surface area (Å²) in [6.07, 6.45) is 4.99. The molecule has 3 aromatic carbocycles. The van der Waals surface area contributed by atoms with Crippen LogP contribution in [-0.4, -0.2) is 31.6 Å². The van der Waals surface area contributed by atoms with Crippen LogP contribution in [0.2, 0.25) is 0 Å². The largest absolute Gasteiger partial charge is 0.489 e. The lowest BCUT2D eigenvalue weighted by Crippen LogP contribution is -2.27. The molecule has 0 amide bonds. The van der Waals surface area contributed by atoms with E-state index < -0.39 is 10.0 Å². The van der Waals surface area contributed by atoms with E-state index in [0.29, 0.717) is 25.3 Å². The molecule has 0 unspecified atom stereocenters. The molecule has 1 saturated heterocycles. The molecule has 1 aliphatic heterocycles. The molecule has 164 valence electrons. The topological polar surface area (TPSA) is 63.7 Å². The third-order valence-electron chi connectivity index (χ3n) is 5.38. The van der Waals surface area contributed by atoms with Gasteiger partial charge < -0.3 is 4.74 Å². The second kappa shape index (κ2) is 9.94. The molecule has 0 saturated carbocycles. The monoisotopic (exact) mass is 447 g/mol. The highest BCUT2D eigenvalue weighted by atomic mass is 32.2. The van der Waals surface area contributed by atoms with Crippen molar-refractivity contribution < 1.29 is 17.9 Å². The van der Waals surface area contributed by atoms with Gasteiger partial charge in [-0.3, -0.25) is 4.79 Å². The molecule has 0 N–H and O–H groups in total. The fraction of sp³-hybridized carbons (Fsp3) is 0.192. The Bertz CT molecular complexity index is 1200. The van der Waals surface area contributed by atoms with Crippen LogP contribution >= 0.6 is 0 Å². The minimum Gasteiger partial charge on any atom is -0.489 e. The average Bonchev–Trinajstić information content (AvgIpc) is 3.38. The maximum atomic E-state index is 12.6. The molecule has 0 spiro atoms. The Hall–Kier alpha value is -3.22. The third kappa shape index (κ3) is 5.33. The summed E-state index contributed by atoms with van der Waals surface area (Å²) in [4.78, 5) is 12.8. The molecule has 0 aliphatic carbocycles. The molecule has 3 aromatic rings. The highest BCUT2D eigenvalue weighted by molar-refractivity contribution is 7.89. The number of rotatable bonds is 8. The summed E-state index contributed by atoms with van der Waals surface area (Å²) in [6.45, 7) is 1.58. The molecular weight excluding hydrogens is 422 g/mol. The molecule has 1 fully saturated rings. The van der Waals surface area contributed by atoms with Crippen LogP contribution in [0.3, 0.4) is 0 Å². The maximum Gasteiger partial charge on any atom is 0.243 e. The Labute approximate surface area is 189 Å². The van der Waals surface area contributed by atoms with Crippen molar-refractivity contribution in [2.45, 2.75) is 24.3 Å². The van der Waals surface area contributed by atoms with Gasteiger partial charge in [-0.25, -0.2) is 8.42 Å². The minimum absolute atomic E-state index is 0.189. The second-order valence-corrected chi connectivity index (χ2v) is 9.62. The van der Waals surface area contributed by atoms with Crippen molar-refractivity contribution in [2.75, 3.05) is 13.1 Å². The molecule has 6 heteroatoms. The smallest absolute Gasteiger partial charge is 0.243 e. The Balaban J connectivity index is 1.39. The fourth-order valence-corrected chi connectivity index (χ4v) is 5.10. The lowest BCUT2D eigenvalue weighted by molar-refractivity contribution is 0.104. The van der Waals surface area contributed by atoms with Crippen molar-refractivity contribution >= 4 is 21.9 Å². The Morgan fingerprint density at radius 3 is 2.34 bits per heavy atom. The molecule has 4 rings (SSSR count). The summed E-state index contributed by atoms with van der Waals surface area (Å²) >= 11 is 0. The van der Waals surface area contributed by atoms with E-state index in [1.54, 1.807) is 18.2 Å². The van der Waals surface area contributed by atoms with Gasteiger partial charge in [0.2, 0.25) is 10.0 Å². The molecule has 1 aliphatic rings. The molecule has 32 heavy (non-hydrogen) atoms. The summed E-state index contributed by atoms with van der Waals surface area (Å²) < 4.78 is 32.6. The third-order valence-corrected chi connectivity index (χ3v) is 7.29. The highest BCUT2D eigenvalue weighted by Gasteiger charge is 2.27. The maximum absolute atomic E-state index is 12.6. The molecule has 0 aromatic heterocycles. The van der Waals surface area contributed by atoms with Gasteiger partial charge in [0, 0.05) is 18.7 Å². The minimum atomic E-state index is -3.48. The normalized spacial score (nSPS) is 14.6. The lowest BCUT2D eigenvalue weighted by Gasteiger charge is -2.15. The fourth-order valence-electron chi connectivity index (χ4n) is 3.59. The van der Waals surface area contributed by atoms with Crippen molar-refractivity contribution in [3.8, 4) is 5.75 Å². The van der Waals surface area contributed by atoms with Gasteiger partial charge in [0.05, 0.1) is 4.90 Å². The number of ether oxygens (including phenoxy) is 1. The zero-order valence-electron chi connectivity index (χ0n) is 17.7. The number of allylic oxidation sites excluding steroid dienone is 1. The number of ketones is 1. The summed E-state index contributed by atoms with van der Waals surface area (Å²) in [7, 11) is -3.48. The van der Waals surface area contributed by atoms with E-state index in [1.165, 1.54) is 22.5 Å². The predicted octanol–water partition coefficient (Wildman–Crippen LogP) is 4.95. The first kappa shape index (κ1) is 22.0. The first-order valence-corrected chi connectivity index (χ1v) is 12.1. The standard InChI is InChI=1S/C26H25NO4S/c28-26(23-12-14-25(15-13-23)32(29,30)27-17-4-5-18-27)16-11-21-9-6-10-24(19-21)31-20-22-7-2-1-3-8-22/h1-3,6-16,19H,4-5,17-18,20H2. The average molecular weight is 448 g/mol.